The molecule has 2 heterocycles. The third-order valence-electron chi connectivity index (χ3n) is 5.28. The largest absolute Gasteiger partial charge is 0.468 e. The molecule has 3 atom stereocenters. The minimum Gasteiger partial charge on any atom is -0.468 e. The summed E-state index contributed by atoms with van der Waals surface area (Å²) in [5.41, 5.74) is 0. The first-order valence-corrected chi connectivity index (χ1v) is 9.02. The lowest BCUT2D eigenvalue weighted by Crippen LogP contribution is -2.50. The summed E-state index contributed by atoms with van der Waals surface area (Å²) in [6, 6.07) is 2.66. The summed E-state index contributed by atoms with van der Waals surface area (Å²) in [6.45, 7) is 0.209. The average Bonchev–Trinajstić information content (AvgIpc) is 3.27. The van der Waals surface area contributed by atoms with Crippen LogP contribution in [0.3, 0.4) is 0 Å². The van der Waals surface area contributed by atoms with E-state index in [1.165, 1.54) is 13.4 Å². The van der Waals surface area contributed by atoms with E-state index in [0.717, 1.165) is 32.1 Å². The number of nitrogens with zero attached hydrogens (tertiary/aromatic N) is 1. The molecule has 142 valence electrons. The number of hydrogen-bond acceptors (Lipinski definition) is 6. The zero-order chi connectivity index (χ0) is 18.5. The molecule has 2 N–H and O–H groups in total. The van der Waals surface area contributed by atoms with Crippen LogP contribution in [0.2, 0.25) is 0 Å². The monoisotopic (exact) mass is 363 g/mol. The number of methoxy groups -OCH3 is 1. The Bertz CT molecular complexity index is 645. The molecule has 8 nitrogen and oxygen atoms in total. The SMILES string of the molecule is COC(=O)[C@@H]1C[C@@H]2CCCC[C@H]2N1CC(=O)NC(=O)NCc1ccco1. The molecule has 1 saturated carbocycles. The molecule has 1 aliphatic carbocycles. The van der Waals surface area contributed by atoms with Crippen molar-refractivity contribution in [3.05, 3.63) is 24.2 Å². The fourth-order valence-corrected chi connectivity index (χ4v) is 4.10. The number of urea groups is 1. The highest BCUT2D eigenvalue weighted by Gasteiger charge is 2.46. The number of carbonyl (C=O) groups excluding carboxylic acids is 3. The number of imide groups is 1. The van der Waals surface area contributed by atoms with E-state index in [1.807, 2.05) is 4.90 Å². The van der Waals surface area contributed by atoms with Crippen LogP contribution in [0, 0.1) is 5.92 Å². The maximum absolute atomic E-state index is 12.3. The zero-order valence-corrected chi connectivity index (χ0v) is 14.9. The number of likely N-dealkylation sites (tertiary alicyclic amines) is 1. The molecule has 0 radical (unpaired) electrons. The van der Waals surface area contributed by atoms with Crippen LogP contribution < -0.4 is 10.6 Å². The standard InChI is InChI=1S/C18H25N3O5/c1-25-17(23)15-9-12-5-2-3-7-14(12)21(15)11-16(22)20-18(24)19-10-13-6-4-8-26-13/h4,6,8,12,14-15H,2-3,5,7,9-11H2,1H3,(H2,19,20,22,24)/t12-,14+,15-/m0/s1. The number of amides is 3. The number of fused-ring (bicyclic) bond motifs is 1. The predicted molar refractivity (Wildman–Crippen MR) is 92.0 cm³/mol. The fourth-order valence-electron chi connectivity index (χ4n) is 4.10. The van der Waals surface area contributed by atoms with E-state index < -0.39 is 18.0 Å². The minimum atomic E-state index is -0.583. The van der Waals surface area contributed by atoms with Crippen LogP contribution in [0.4, 0.5) is 4.79 Å². The lowest BCUT2D eigenvalue weighted by Gasteiger charge is -2.32. The van der Waals surface area contributed by atoms with Gasteiger partial charge in [-0.25, -0.2) is 4.79 Å². The molecule has 0 bridgehead atoms. The van der Waals surface area contributed by atoms with Crippen LogP contribution in [-0.2, 0) is 20.9 Å². The summed E-state index contributed by atoms with van der Waals surface area (Å²) in [4.78, 5) is 38.2. The smallest absolute Gasteiger partial charge is 0.323 e. The highest BCUT2D eigenvalue weighted by molar-refractivity contribution is 5.95. The topological polar surface area (TPSA) is 101 Å². The van der Waals surface area contributed by atoms with Crippen molar-refractivity contribution >= 4 is 17.9 Å². The highest BCUT2D eigenvalue weighted by atomic mass is 16.5. The number of ether oxygens (including phenoxy) is 1. The van der Waals surface area contributed by atoms with Gasteiger partial charge in [0, 0.05) is 6.04 Å². The second kappa shape index (κ2) is 8.35. The Kier molecular flexibility index (Phi) is 5.92. The summed E-state index contributed by atoms with van der Waals surface area (Å²) in [5, 5.41) is 4.89. The molecule has 1 saturated heterocycles. The second-order valence-corrected chi connectivity index (χ2v) is 6.87. The number of nitrogens with one attached hydrogen (secondary N) is 2. The molecule has 0 spiro atoms. The van der Waals surface area contributed by atoms with E-state index in [4.69, 9.17) is 9.15 Å². The predicted octanol–water partition coefficient (Wildman–Crippen LogP) is 1.41. The number of esters is 1. The molecular formula is C18H25N3O5. The summed E-state index contributed by atoms with van der Waals surface area (Å²) in [5.74, 6) is 0.271. The maximum atomic E-state index is 12.3. The molecule has 26 heavy (non-hydrogen) atoms. The van der Waals surface area contributed by atoms with Crippen molar-refractivity contribution in [2.45, 2.75) is 50.7 Å². The molecule has 1 aromatic heterocycles. The van der Waals surface area contributed by atoms with Crippen molar-refractivity contribution in [2.75, 3.05) is 13.7 Å². The molecule has 1 aromatic rings. The van der Waals surface area contributed by atoms with Crippen LogP contribution in [0.5, 0.6) is 0 Å². The maximum Gasteiger partial charge on any atom is 0.323 e. The quantitative estimate of drug-likeness (QED) is 0.767. The Labute approximate surface area is 152 Å². The van der Waals surface area contributed by atoms with Gasteiger partial charge in [0.05, 0.1) is 26.5 Å². The molecular weight excluding hydrogens is 338 g/mol. The van der Waals surface area contributed by atoms with Crippen LogP contribution in [0.1, 0.15) is 37.9 Å². The number of furan rings is 1. The molecule has 0 aromatic carbocycles. The first kappa shape index (κ1) is 18.4. The van der Waals surface area contributed by atoms with E-state index in [-0.39, 0.29) is 25.1 Å². The van der Waals surface area contributed by atoms with Crippen LogP contribution in [0.15, 0.2) is 22.8 Å². The summed E-state index contributed by atoms with van der Waals surface area (Å²) in [6.07, 6.45) is 6.52. The first-order chi connectivity index (χ1) is 12.6. The van der Waals surface area contributed by atoms with Gasteiger partial charge < -0.3 is 14.5 Å². The van der Waals surface area contributed by atoms with Gasteiger partial charge in [-0.1, -0.05) is 12.8 Å². The van der Waals surface area contributed by atoms with Gasteiger partial charge in [-0.05, 0) is 37.3 Å². The molecule has 1 aliphatic heterocycles. The molecule has 2 aliphatic rings. The van der Waals surface area contributed by atoms with Gasteiger partial charge in [-0.15, -0.1) is 0 Å². The van der Waals surface area contributed by atoms with Gasteiger partial charge in [0.1, 0.15) is 11.8 Å². The van der Waals surface area contributed by atoms with Gasteiger partial charge in [-0.3, -0.25) is 19.8 Å². The van der Waals surface area contributed by atoms with Gasteiger partial charge in [-0.2, -0.15) is 0 Å². The Morgan fingerprint density at radius 2 is 2.12 bits per heavy atom. The zero-order valence-electron chi connectivity index (χ0n) is 14.9. The summed E-state index contributed by atoms with van der Waals surface area (Å²) < 4.78 is 10.0. The average molecular weight is 363 g/mol. The second-order valence-electron chi connectivity index (χ2n) is 6.87. The van der Waals surface area contributed by atoms with Crippen molar-refractivity contribution in [1.29, 1.82) is 0 Å². The summed E-state index contributed by atoms with van der Waals surface area (Å²) in [7, 11) is 1.37. The molecule has 3 amide bonds. The summed E-state index contributed by atoms with van der Waals surface area (Å²) >= 11 is 0. The molecule has 8 heteroatoms. The Balaban J connectivity index is 1.55. The molecule has 3 rings (SSSR count). The number of rotatable bonds is 5. The molecule has 0 unspecified atom stereocenters. The van der Waals surface area contributed by atoms with Gasteiger partial charge in [0.2, 0.25) is 5.91 Å². The van der Waals surface area contributed by atoms with Crippen LogP contribution >= 0.6 is 0 Å². The number of hydrogen-bond donors (Lipinski definition) is 2. The third kappa shape index (κ3) is 4.24. The lowest BCUT2D eigenvalue weighted by molar-refractivity contribution is -0.146. The van der Waals surface area contributed by atoms with Gasteiger partial charge in [0.15, 0.2) is 0 Å². The first-order valence-electron chi connectivity index (χ1n) is 9.02. The van der Waals surface area contributed by atoms with E-state index in [1.54, 1.807) is 12.1 Å². The van der Waals surface area contributed by atoms with Crippen molar-refractivity contribution < 1.29 is 23.5 Å². The lowest BCUT2D eigenvalue weighted by atomic mass is 9.85. The van der Waals surface area contributed by atoms with Crippen molar-refractivity contribution in [2.24, 2.45) is 5.92 Å². The van der Waals surface area contributed by atoms with E-state index >= 15 is 0 Å². The van der Waals surface area contributed by atoms with E-state index in [0.29, 0.717) is 11.7 Å². The van der Waals surface area contributed by atoms with E-state index in [2.05, 4.69) is 10.6 Å². The Hall–Kier alpha value is -2.35. The minimum absolute atomic E-state index is 0.00903. The Morgan fingerprint density at radius 3 is 2.85 bits per heavy atom. The van der Waals surface area contributed by atoms with E-state index in [9.17, 15) is 14.4 Å². The van der Waals surface area contributed by atoms with Gasteiger partial charge in [0.25, 0.3) is 0 Å². The normalized spacial score (nSPS) is 25.3. The van der Waals surface area contributed by atoms with Crippen molar-refractivity contribution in [1.82, 2.24) is 15.5 Å². The van der Waals surface area contributed by atoms with Gasteiger partial charge >= 0.3 is 12.0 Å². The molecule has 2 fully saturated rings. The number of carbonyl (C=O) groups is 3. The highest BCUT2D eigenvalue weighted by Crippen LogP contribution is 2.39. The van der Waals surface area contributed by atoms with Crippen LogP contribution in [-0.4, -0.2) is 48.5 Å². The fraction of sp³-hybridized carbons (Fsp3) is 0.611. The van der Waals surface area contributed by atoms with Crippen LogP contribution in [0.25, 0.3) is 0 Å². The van der Waals surface area contributed by atoms with Crippen molar-refractivity contribution in [3.63, 3.8) is 0 Å². The third-order valence-corrected chi connectivity index (χ3v) is 5.28. The Morgan fingerprint density at radius 1 is 1.31 bits per heavy atom. The van der Waals surface area contributed by atoms with Crippen molar-refractivity contribution in [3.8, 4) is 0 Å².